The summed E-state index contributed by atoms with van der Waals surface area (Å²) in [6.07, 6.45) is 9.38. The predicted octanol–water partition coefficient (Wildman–Crippen LogP) is 9.26. The monoisotopic (exact) mass is 597 g/mol. The highest BCUT2D eigenvalue weighted by Crippen LogP contribution is 2.53. The third-order valence-corrected chi connectivity index (χ3v) is 10.8. The molecule has 1 saturated heterocycles. The second kappa shape index (κ2) is 14.0. The van der Waals surface area contributed by atoms with Crippen molar-refractivity contribution in [2.75, 3.05) is 13.1 Å². The minimum absolute atomic E-state index is 0.0774. The van der Waals surface area contributed by atoms with Crippen molar-refractivity contribution in [3.05, 3.63) is 143 Å². The van der Waals surface area contributed by atoms with Crippen molar-refractivity contribution in [2.45, 2.75) is 82.0 Å². The van der Waals surface area contributed by atoms with Crippen LogP contribution in [0.4, 0.5) is 4.79 Å². The number of amides is 2. The number of nitrogens with zero attached hydrogens (tertiary/aromatic N) is 2. The molecule has 2 fully saturated rings. The summed E-state index contributed by atoms with van der Waals surface area (Å²) in [6.45, 7) is 2.53. The van der Waals surface area contributed by atoms with Gasteiger partial charge in [0.05, 0.1) is 0 Å². The molecule has 4 nitrogen and oxygen atoms in total. The molecule has 1 N–H and O–H groups in total. The third-order valence-electron chi connectivity index (χ3n) is 10.8. The normalized spacial score (nSPS) is 22.3. The largest absolute Gasteiger partial charge is 0.335 e. The molecular weight excluding hydrogens is 550 g/mol. The molecule has 2 bridgehead atoms. The lowest BCUT2D eigenvalue weighted by atomic mass is 9.84. The van der Waals surface area contributed by atoms with Gasteiger partial charge in [-0.1, -0.05) is 115 Å². The van der Waals surface area contributed by atoms with Crippen LogP contribution in [-0.4, -0.2) is 35.0 Å². The molecule has 2 aliphatic heterocycles. The van der Waals surface area contributed by atoms with Crippen molar-refractivity contribution in [1.82, 2.24) is 15.1 Å². The van der Waals surface area contributed by atoms with Gasteiger partial charge in [0, 0.05) is 37.1 Å². The predicted molar refractivity (Wildman–Crippen MR) is 183 cm³/mol. The van der Waals surface area contributed by atoms with E-state index in [1.807, 2.05) is 11.0 Å². The van der Waals surface area contributed by atoms with Crippen LogP contribution >= 0.6 is 0 Å². The summed E-state index contributed by atoms with van der Waals surface area (Å²) < 4.78 is 0. The number of urea groups is 1. The first kappa shape index (κ1) is 29.8. The highest BCUT2D eigenvalue weighted by atomic mass is 16.2. The lowest BCUT2D eigenvalue weighted by Crippen LogP contribution is -2.46. The molecule has 2 amide bonds. The second-order valence-electron chi connectivity index (χ2n) is 13.5. The van der Waals surface area contributed by atoms with Crippen molar-refractivity contribution in [2.24, 2.45) is 5.92 Å². The summed E-state index contributed by atoms with van der Waals surface area (Å²) in [7, 11) is 0. The molecule has 232 valence electrons. The van der Waals surface area contributed by atoms with E-state index in [9.17, 15) is 4.79 Å². The van der Waals surface area contributed by atoms with Crippen molar-refractivity contribution in [3.63, 3.8) is 0 Å². The Kier molecular flexibility index (Phi) is 9.30. The maximum atomic E-state index is 13.9. The van der Waals surface area contributed by atoms with Gasteiger partial charge in [-0.3, -0.25) is 4.90 Å². The number of rotatable bonds is 11. The van der Waals surface area contributed by atoms with E-state index in [1.165, 1.54) is 55.3 Å². The molecule has 2 heterocycles. The van der Waals surface area contributed by atoms with E-state index in [0.29, 0.717) is 25.2 Å². The first-order valence-corrected chi connectivity index (χ1v) is 17.3. The quantitative estimate of drug-likeness (QED) is 0.187. The van der Waals surface area contributed by atoms with Crippen LogP contribution in [0.3, 0.4) is 0 Å². The Morgan fingerprint density at radius 1 is 0.689 bits per heavy atom. The van der Waals surface area contributed by atoms with Gasteiger partial charge in [-0.05, 0) is 91.6 Å². The van der Waals surface area contributed by atoms with Crippen molar-refractivity contribution in [1.29, 1.82) is 0 Å². The molecule has 1 saturated carbocycles. The Morgan fingerprint density at radius 3 is 1.80 bits per heavy atom. The van der Waals surface area contributed by atoms with Gasteiger partial charge in [-0.25, -0.2) is 4.79 Å². The number of fused-ring (bicyclic) bond motifs is 5. The van der Waals surface area contributed by atoms with Crippen LogP contribution in [0.15, 0.2) is 115 Å². The van der Waals surface area contributed by atoms with Crippen LogP contribution in [0.2, 0.25) is 0 Å². The Morgan fingerprint density at radius 2 is 1.22 bits per heavy atom. The number of carbonyl (C=O) groups excluding carboxylic acids is 1. The number of nitrogens with one attached hydrogen (secondary N) is 1. The van der Waals surface area contributed by atoms with Crippen molar-refractivity contribution >= 4 is 6.03 Å². The molecule has 0 radical (unpaired) electrons. The highest BCUT2D eigenvalue weighted by molar-refractivity contribution is 5.74. The van der Waals surface area contributed by atoms with Gasteiger partial charge in [-0.15, -0.1) is 0 Å². The Hall–Kier alpha value is -3.89. The SMILES string of the molecule is O=C(NC1CCC(CCN2C3CCC2c2ccccc23)CC1)N(CCC(c1ccccc1)c1ccccc1)Cc1ccccc1. The van der Waals surface area contributed by atoms with Gasteiger partial charge < -0.3 is 10.2 Å². The standard InChI is InChI=1S/C41H47N3O/c45-41(42-35-22-20-31(21-23-35)26-29-44-39-24-25-40(44)38-19-11-10-18-37(38)39)43(30-32-12-4-1-5-13-32)28-27-36(33-14-6-2-7-15-33)34-16-8-3-9-17-34/h1-19,31,35-36,39-40H,20-30H2,(H,42,45). The van der Waals surface area contributed by atoms with Crippen LogP contribution in [0.25, 0.3) is 0 Å². The van der Waals surface area contributed by atoms with Crippen molar-refractivity contribution < 1.29 is 4.79 Å². The summed E-state index contributed by atoms with van der Waals surface area (Å²) in [6, 6.07) is 42.6. The topological polar surface area (TPSA) is 35.6 Å². The summed E-state index contributed by atoms with van der Waals surface area (Å²) in [5.74, 6) is 1.01. The highest BCUT2D eigenvalue weighted by Gasteiger charge is 2.43. The maximum Gasteiger partial charge on any atom is 0.317 e. The minimum Gasteiger partial charge on any atom is -0.335 e. The molecule has 2 unspecified atom stereocenters. The molecule has 4 heteroatoms. The first-order valence-electron chi connectivity index (χ1n) is 17.3. The molecule has 1 aliphatic carbocycles. The zero-order valence-electron chi connectivity index (χ0n) is 26.4. The van der Waals surface area contributed by atoms with Crippen LogP contribution in [-0.2, 0) is 6.54 Å². The van der Waals surface area contributed by atoms with E-state index in [0.717, 1.165) is 25.2 Å². The van der Waals surface area contributed by atoms with Crippen LogP contribution in [0.5, 0.6) is 0 Å². The van der Waals surface area contributed by atoms with E-state index in [2.05, 4.69) is 119 Å². The fourth-order valence-electron chi connectivity index (χ4n) is 8.39. The van der Waals surface area contributed by atoms with E-state index < -0.39 is 0 Å². The molecule has 0 aromatic heterocycles. The molecule has 3 aliphatic rings. The molecule has 4 aromatic rings. The van der Waals surface area contributed by atoms with E-state index in [1.54, 1.807) is 11.1 Å². The molecule has 7 rings (SSSR count). The molecule has 2 atom stereocenters. The molecular formula is C41H47N3O. The fraction of sp³-hybridized carbons (Fsp3) is 0.390. The van der Waals surface area contributed by atoms with E-state index in [4.69, 9.17) is 0 Å². The second-order valence-corrected chi connectivity index (χ2v) is 13.5. The average Bonchev–Trinajstić information content (AvgIpc) is 3.65. The van der Waals surface area contributed by atoms with Crippen molar-refractivity contribution in [3.8, 4) is 0 Å². The average molecular weight is 598 g/mol. The Balaban J connectivity index is 0.951. The Bertz CT molecular complexity index is 1450. The summed E-state index contributed by atoms with van der Waals surface area (Å²) in [4.78, 5) is 18.7. The number of hydrogen-bond acceptors (Lipinski definition) is 2. The summed E-state index contributed by atoms with van der Waals surface area (Å²) in [5.41, 5.74) is 6.93. The maximum absolute atomic E-state index is 13.9. The number of benzene rings is 4. The van der Waals surface area contributed by atoms with E-state index >= 15 is 0 Å². The number of hydrogen-bond donors (Lipinski definition) is 1. The molecule has 0 spiro atoms. The molecule has 4 aromatic carbocycles. The first-order chi connectivity index (χ1) is 22.2. The fourth-order valence-corrected chi connectivity index (χ4v) is 8.39. The van der Waals surface area contributed by atoms with Gasteiger partial charge in [0.2, 0.25) is 0 Å². The lowest BCUT2D eigenvalue weighted by molar-refractivity contribution is 0.172. The van der Waals surface area contributed by atoms with Crippen LogP contribution in [0.1, 0.15) is 97.2 Å². The number of carbonyl (C=O) groups is 1. The summed E-state index contributed by atoms with van der Waals surface area (Å²) >= 11 is 0. The zero-order valence-corrected chi connectivity index (χ0v) is 26.4. The molecule has 45 heavy (non-hydrogen) atoms. The smallest absolute Gasteiger partial charge is 0.317 e. The Labute approximate surface area is 269 Å². The summed E-state index contributed by atoms with van der Waals surface area (Å²) in [5, 5.41) is 3.47. The van der Waals surface area contributed by atoms with Gasteiger partial charge >= 0.3 is 6.03 Å². The van der Waals surface area contributed by atoms with Gasteiger partial charge in [0.25, 0.3) is 0 Å². The third kappa shape index (κ3) is 6.87. The zero-order chi connectivity index (χ0) is 30.4. The van der Waals surface area contributed by atoms with Gasteiger partial charge in [0.15, 0.2) is 0 Å². The lowest BCUT2D eigenvalue weighted by Gasteiger charge is -2.33. The van der Waals surface area contributed by atoms with E-state index in [-0.39, 0.29) is 18.0 Å². The van der Waals surface area contributed by atoms with Gasteiger partial charge in [0.1, 0.15) is 0 Å². The van der Waals surface area contributed by atoms with Crippen LogP contribution < -0.4 is 5.32 Å². The minimum atomic E-state index is 0.0774. The van der Waals surface area contributed by atoms with Gasteiger partial charge in [-0.2, -0.15) is 0 Å². The van der Waals surface area contributed by atoms with Crippen LogP contribution in [0, 0.1) is 5.92 Å².